The fraction of sp³-hybridized carbons (Fsp3) is 0.143. The van der Waals surface area contributed by atoms with Gasteiger partial charge in [0, 0.05) is 18.8 Å². The number of hydrogen-bond donors (Lipinski definition) is 2. The number of nitrogens with zero attached hydrogens (tertiary/aromatic N) is 1. The van der Waals surface area contributed by atoms with Gasteiger partial charge in [0.15, 0.2) is 0 Å². The maximum atomic E-state index is 13.8. The summed E-state index contributed by atoms with van der Waals surface area (Å²) in [5, 5.41) is 2.74. The SMILES string of the molecule is [B]c1ccc(Nc2c(C(N)=O)cn(C)c(=O)c2C)c(F)c1. The predicted molar refractivity (Wildman–Crippen MR) is 80.0 cm³/mol. The number of nitrogens with two attached hydrogens (primary N) is 1. The number of carbonyl (C=O) groups excluding carboxylic acids is 1. The summed E-state index contributed by atoms with van der Waals surface area (Å²) in [5.41, 5.74) is 5.94. The molecule has 0 spiro atoms. The number of halogens is 1. The second kappa shape index (κ2) is 5.44. The highest BCUT2D eigenvalue weighted by Crippen LogP contribution is 2.24. The van der Waals surface area contributed by atoms with Gasteiger partial charge < -0.3 is 15.6 Å². The molecule has 1 aromatic carbocycles. The maximum Gasteiger partial charge on any atom is 0.255 e. The average Bonchev–Trinajstić information content (AvgIpc) is 2.41. The third kappa shape index (κ3) is 2.81. The molecule has 3 N–H and O–H groups in total. The van der Waals surface area contributed by atoms with E-state index in [1.54, 1.807) is 0 Å². The highest BCUT2D eigenvalue weighted by molar-refractivity contribution is 6.32. The van der Waals surface area contributed by atoms with Crippen LogP contribution < -0.4 is 22.1 Å². The van der Waals surface area contributed by atoms with E-state index in [4.69, 9.17) is 13.6 Å². The number of carbonyl (C=O) groups is 1. The lowest BCUT2D eigenvalue weighted by atomic mass is 9.96. The van der Waals surface area contributed by atoms with Crippen LogP contribution in [0.5, 0.6) is 0 Å². The van der Waals surface area contributed by atoms with Crippen molar-refractivity contribution in [1.82, 2.24) is 4.57 Å². The van der Waals surface area contributed by atoms with Gasteiger partial charge in [-0.2, -0.15) is 0 Å². The summed E-state index contributed by atoms with van der Waals surface area (Å²) in [6.07, 6.45) is 1.31. The zero-order chi connectivity index (χ0) is 15.7. The number of anilines is 2. The van der Waals surface area contributed by atoms with Crippen LogP contribution in [-0.2, 0) is 7.05 Å². The lowest BCUT2D eigenvalue weighted by molar-refractivity contribution is 0.1000. The van der Waals surface area contributed by atoms with Gasteiger partial charge in [0.25, 0.3) is 11.5 Å². The summed E-state index contributed by atoms with van der Waals surface area (Å²) in [5.74, 6) is -1.31. The van der Waals surface area contributed by atoms with E-state index in [1.807, 2.05) is 0 Å². The van der Waals surface area contributed by atoms with Crippen LogP contribution >= 0.6 is 0 Å². The van der Waals surface area contributed by atoms with Crippen LogP contribution in [0.4, 0.5) is 15.8 Å². The summed E-state index contributed by atoms with van der Waals surface area (Å²) in [7, 11) is 6.99. The van der Waals surface area contributed by atoms with Crippen molar-refractivity contribution in [2.75, 3.05) is 5.32 Å². The second-order valence-electron chi connectivity index (χ2n) is 4.69. The Bertz CT molecular complexity index is 787. The molecule has 1 heterocycles. The first-order chi connectivity index (χ1) is 9.81. The molecule has 1 aromatic heterocycles. The summed E-state index contributed by atoms with van der Waals surface area (Å²) >= 11 is 0. The molecule has 2 radical (unpaired) electrons. The Labute approximate surface area is 122 Å². The fourth-order valence-electron chi connectivity index (χ4n) is 2.01. The van der Waals surface area contributed by atoms with Crippen molar-refractivity contribution in [2.24, 2.45) is 12.8 Å². The molecule has 0 atom stereocenters. The van der Waals surface area contributed by atoms with E-state index in [2.05, 4.69) is 5.32 Å². The summed E-state index contributed by atoms with van der Waals surface area (Å²) in [6.45, 7) is 1.53. The molecule has 1 amide bonds. The average molecular weight is 285 g/mol. The molecule has 0 aliphatic rings. The number of rotatable bonds is 3. The monoisotopic (exact) mass is 285 g/mol. The van der Waals surface area contributed by atoms with Crippen molar-refractivity contribution < 1.29 is 9.18 Å². The van der Waals surface area contributed by atoms with E-state index in [0.717, 1.165) is 6.07 Å². The zero-order valence-electron chi connectivity index (χ0n) is 11.6. The van der Waals surface area contributed by atoms with E-state index in [0.29, 0.717) is 0 Å². The zero-order valence-corrected chi connectivity index (χ0v) is 11.6. The van der Waals surface area contributed by atoms with Gasteiger partial charge in [0.05, 0.1) is 16.9 Å². The molecule has 7 heteroatoms. The van der Waals surface area contributed by atoms with Gasteiger partial charge >= 0.3 is 0 Å². The Balaban J connectivity index is 2.60. The van der Waals surface area contributed by atoms with Gasteiger partial charge in [-0.3, -0.25) is 9.59 Å². The number of primary amides is 1. The molecule has 0 saturated heterocycles. The van der Waals surface area contributed by atoms with Crippen LogP contribution in [0.3, 0.4) is 0 Å². The van der Waals surface area contributed by atoms with Crippen LogP contribution in [0.1, 0.15) is 15.9 Å². The van der Waals surface area contributed by atoms with E-state index in [-0.39, 0.29) is 33.5 Å². The van der Waals surface area contributed by atoms with Crippen molar-refractivity contribution in [2.45, 2.75) is 6.92 Å². The van der Waals surface area contributed by atoms with Crippen LogP contribution in [0.2, 0.25) is 0 Å². The Kier molecular flexibility index (Phi) is 3.84. The molecular formula is C14H13BFN3O2. The lowest BCUT2D eigenvalue weighted by Gasteiger charge is -2.15. The molecule has 21 heavy (non-hydrogen) atoms. The number of pyridine rings is 1. The van der Waals surface area contributed by atoms with Gasteiger partial charge in [-0.05, 0) is 19.1 Å². The predicted octanol–water partition coefficient (Wildman–Crippen LogP) is 0.469. The minimum Gasteiger partial charge on any atom is -0.365 e. The van der Waals surface area contributed by atoms with Gasteiger partial charge in [-0.25, -0.2) is 4.39 Å². The molecule has 0 aliphatic heterocycles. The molecular weight excluding hydrogens is 272 g/mol. The Morgan fingerprint density at radius 2 is 2.10 bits per heavy atom. The topological polar surface area (TPSA) is 77.1 Å². The number of hydrogen-bond acceptors (Lipinski definition) is 3. The van der Waals surface area contributed by atoms with Crippen LogP contribution in [-0.4, -0.2) is 18.3 Å². The van der Waals surface area contributed by atoms with E-state index in [9.17, 15) is 14.0 Å². The van der Waals surface area contributed by atoms with Gasteiger partial charge in [-0.15, -0.1) is 0 Å². The normalized spacial score (nSPS) is 10.4. The minimum atomic E-state index is -0.716. The van der Waals surface area contributed by atoms with Gasteiger partial charge in [0.1, 0.15) is 13.7 Å². The Morgan fingerprint density at radius 3 is 2.67 bits per heavy atom. The summed E-state index contributed by atoms with van der Waals surface area (Å²) in [4.78, 5) is 23.5. The first kappa shape index (κ1) is 14.8. The van der Waals surface area contributed by atoms with E-state index in [1.165, 1.54) is 36.9 Å². The first-order valence-corrected chi connectivity index (χ1v) is 6.13. The standard InChI is InChI=1S/C14H13BFN3O2/c1-7-12(9(13(17)20)6-19(2)14(7)21)18-11-4-3-8(15)5-10(11)16/h3-6,18H,1-2H3,(H2,17,20). The van der Waals surface area contributed by atoms with Crippen LogP contribution in [0.15, 0.2) is 29.2 Å². The van der Waals surface area contributed by atoms with Crippen molar-refractivity contribution >= 4 is 30.6 Å². The van der Waals surface area contributed by atoms with Crippen molar-refractivity contribution in [3.63, 3.8) is 0 Å². The number of nitrogens with one attached hydrogen (secondary N) is 1. The van der Waals surface area contributed by atoms with Gasteiger partial charge in [0.2, 0.25) is 0 Å². The number of amides is 1. The largest absolute Gasteiger partial charge is 0.365 e. The fourth-order valence-corrected chi connectivity index (χ4v) is 2.01. The molecule has 2 aromatic rings. The van der Waals surface area contributed by atoms with E-state index < -0.39 is 11.7 Å². The molecule has 0 unspecified atom stereocenters. The molecule has 0 saturated carbocycles. The van der Waals surface area contributed by atoms with Crippen molar-refractivity contribution in [1.29, 1.82) is 0 Å². The number of aryl methyl sites for hydroxylation is 1. The van der Waals surface area contributed by atoms with Crippen LogP contribution in [0.25, 0.3) is 0 Å². The first-order valence-electron chi connectivity index (χ1n) is 6.13. The molecule has 2 rings (SSSR count). The third-order valence-corrected chi connectivity index (χ3v) is 3.13. The van der Waals surface area contributed by atoms with Crippen LogP contribution in [0, 0.1) is 12.7 Å². The highest BCUT2D eigenvalue weighted by atomic mass is 19.1. The smallest absolute Gasteiger partial charge is 0.255 e. The molecule has 0 bridgehead atoms. The molecule has 0 aliphatic carbocycles. The van der Waals surface area contributed by atoms with E-state index >= 15 is 0 Å². The highest BCUT2D eigenvalue weighted by Gasteiger charge is 2.16. The second-order valence-corrected chi connectivity index (χ2v) is 4.69. The number of aromatic nitrogens is 1. The maximum absolute atomic E-state index is 13.8. The molecule has 5 nitrogen and oxygen atoms in total. The van der Waals surface area contributed by atoms with Gasteiger partial charge in [-0.1, -0.05) is 11.5 Å². The summed E-state index contributed by atoms with van der Waals surface area (Å²) < 4.78 is 15.1. The third-order valence-electron chi connectivity index (χ3n) is 3.13. The Morgan fingerprint density at radius 1 is 1.43 bits per heavy atom. The lowest BCUT2D eigenvalue weighted by Crippen LogP contribution is -2.25. The quantitative estimate of drug-likeness (QED) is 0.805. The number of benzene rings is 1. The Hall–Kier alpha value is -2.57. The summed E-state index contributed by atoms with van der Waals surface area (Å²) in [6, 6.07) is 4.07. The van der Waals surface area contributed by atoms with Crippen molar-refractivity contribution in [3.8, 4) is 0 Å². The minimum absolute atomic E-state index is 0.100. The van der Waals surface area contributed by atoms with Crippen molar-refractivity contribution in [3.05, 3.63) is 51.7 Å². The molecule has 106 valence electrons. The molecule has 0 fully saturated rings.